The molecule has 1 aliphatic heterocycles. The lowest BCUT2D eigenvalue weighted by atomic mass is 10.0. The van der Waals surface area contributed by atoms with Crippen LogP contribution in [0.4, 0.5) is 16.2 Å². The molecule has 10 heteroatoms. The maximum absolute atomic E-state index is 13.5. The first kappa shape index (κ1) is 23.2. The van der Waals surface area contributed by atoms with Crippen molar-refractivity contribution in [1.82, 2.24) is 20.3 Å². The minimum atomic E-state index is -0.661. The summed E-state index contributed by atoms with van der Waals surface area (Å²) in [6.07, 6.45) is 7.74. The third kappa shape index (κ3) is 5.17. The number of aromatic nitrogens is 3. The normalized spacial score (nSPS) is 16.4. The fourth-order valence-corrected chi connectivity index (χ4v) is 4.36. The number of pyridine rings is 2. The van der Waals surface area contributed by atoms with Crippen LogP contribution < -0.4 is 15.5 Å². The molecule has 9 nitrogen and oxygen atoms in total. The Kier molecular flexibility index (Phi) is 6.66. The molecule has 3 aromatic rings. The number of nitrogens with one attached hydrogen (secondary N) is 3. The highest BCUT2D eigenvalue weighted by Crippen LogP contribution is 2.40. The number of carbonyl (C=O) groups is 2. The van der Waals surface area contributed by atoms with Crippen molar-refractivity contribution in [2.45, 2.75) is 45.3 Å². The highest BCUT2D eigenvalue weighted by atomic mass is 79.9. The maximum atomic E-state index is 13.5. The second-order valence-electron chi connectivity index (χ2n) is 8.93. The van der Waals surface area contributed by atoms with Crippen LogP contribution in [-0.2, 0) is 4.74 Å². The summed E-state index contributed by atoms with van der Waals surface area (Å²) in [4.78, 5) is 39.5. The van der Waals surface area contributed by atoms with Crippen LogP contribution in [0, 0.1) is 0 Å². The average Bonchev–Trinajstić information content (AvgIpc) is 3.18. The van der Waals surface area contributed by atoms with Crippen LogP contribution in [0.3, 0.4) is 0 Å². The lowest BCUT2D eigenvalue weighted by molar-refractivity contribution is 0.0560. The molecule has 4 rings (SSSR count). The first-order chi connectivity index (χ1) is 15.7. The molecule has 3 aromatic heterocycles. The smallest absolute Gasteiger partial charge is 0.415 e. The Balaban J connectivity index is 1.80. The van der Waals surface area contributed by atoms with Gasteiger partial charge in [-0.15, -0.1) is 0 Å². The Morgan fingerprint density at radius 3 is 2.79 bits per heavy atom. The minimum absolute atomic E-state index is 0.118. The zero-order valence-corrected chi connectivity index (χ0v) is 20.4. The second-order valence-corrected chi connectivity index (χ2v) is 9.78. The monoisotopic (exact) mass is 514 g/mol. The van der Waals surface area contributed by atoms with E-state index in [4.69, 9.17) is 4.74 Å². The molecule has 0 unspecified atom stereocenters. The quantitative estimate of drug-likeness (QED) is 0.473. The fourth-order valence-electron chi connectivity index (χ4n) is 3.87. The van der Waals surface area contributed by atoms with Crippen molar-refractivity contribution in [3.8, 4) is 0 Å². The SMILES string of the molecule is CC(C)(C)OC(=O)N(c1c(Br)cnc2[nH]cc(NC(=O)c3cccnc3)c12)[C@H]1CCCNC1. The standard InChI is InChI=1S/C23H27BrN6O3/c1-23(2,3)33-22(32)30(15-7-5-9-26-11-15)19-16(24)12-27-20-18(19)17(13-28-20)29-21(31)14-6-4-8-25-10-14/h4,6,8,10,12-13,15,26H,5,7,9,11H2,1-3H3,(H,27,28)(H,29,31)/t15-/m0/s1. The summed E-state index contributed by atoms with van der Waals surface area (Å²) in [6, 6.07) is 3.27. The molecule has 1 atom stereocenters. The van der Waals surface area contributed by atoms with Gasteiger partial charge in [0.15, 0.2) is 0 Å². The third-order valence-electron chi connectivity index (χ3n) is 5.27. The Hall–Kier alpha value is -2.98. The van der Waals surface area contributed by atoms with Gasteiger partial charge in [-0.3, -0.25) is 14.7 Å². The summed E-state index contributed by atoms with van der Waals surface area (Å²) in [7, 11) is 0. The van der Waals surface area contributed by atoms with Gasteiger partial charge in [-0.25, -0.2) is 9.78 Å². The molecule has 1 saturated heterocycles. The van der Waals surface area contributed by atoms with Gasteiger partial charge in [-0.1, -0.05) is 0 Å². The molecular weight excluding hydrogens is 488 g/mol. The highest BCUT2D eigenvalue weighted by Gasteiger charge is 2.34. The van der Waals surface area contributed by atoms with Gasteiger partial charge in [-0.2, -0.15) is 0 Å². The molecule has 0 spiro atoms. The number of ether oxygens (including phenoxy) is 1. The van der Waals surface area contributed by atoms with Crippen molar-refractivity contribution in [3.63, 3.8) is 0 Å². The predicted octanol–water partition coefficient (Wildman–Crippen LogP) is 4.47. The van der Waals surface area contributed by atoms with Crippen LogP contribution in [0.2, 0.25) is 0 Å². The molecule has 1 fully saturated rings. The number of hydrogen-bond acceptors (Lipinski definition) is 6. The summed E-state index contributed by atoms with van der Waals surface area (Å²) in [5.74, 6) is -0.307. The number of hydrogen-bond donors (Lipinski definition) is 3. The molecule has 0 bridgehead atoms. The Morgan fingerprint density at radius 2 is 2.12 bits per heavy atom. The van der Waals surface area contributed by atoms with E-state index in [1.165, 1.54) is 6.20 Å². The van der Waals surface area contributed by atoms with E-state index < -0.39 is 11.7 Å². The summed E-state index contributed by atoms with van der Waals surface area (Å²) in [6.45, 7) is 7.07. The molecule has 2 amide bonds. The van der Waals surface area contributed by atoms with E-state index >= 15 is 0 Å². The minimum Gasteiger partial charge on any atom is -0.443 e. The molecular formula is C23H27BrN6O3. The Labute approximate surface area is 200 Å². The molecule has 1 aliphatic rings. The second kappa shape index (κ2) is 9.48. The number of aromatic amines is 1. The number of nitrogens with zero attached hydrogens (tertiary/aromatic N) is 3. The van der Waals surface area contributed by atoms with E-state index in [1.807, 2.05) is 20.8 Å². The molecule has 33 heavy (non-hydrogen) atoms. The van der Waals surface area contributed by atoms with Gasteiger partial charge in [0.1, 0.15) is 11.2 Å². The predicted molar refractivity (Wildman–Crippen MR) is 131 cm³/mol. The van der Waals surface area contributed by atoms with E-state index in [2.05, 4.69) is 41.5 Å². The maximum Gasteiger partial charge on any atom is 0.415 e. The summed E-state index contributed by atoms with van der Waals surface area (Å²) in [5, 5.41) is 6.92. The van der Waals surface area contributed by atoms with Crippen molar-refractivity contribution in [2.24, 2.45) is 0 Å². The Bertz CT molecular complexity index is 1150. The number of piperidine rings is 1. The van der Waals surface area contributed by atoms with Crippen molar-refractivity contribution in [1.29, 1.82) is 0 Å². The zero-order chi connectivity index (χ0) is 23.6. The number of carbonyl (C=O) groups excluding carboxylic acids is 2. The molecule has 3 N–H and O–H groups in total. The fraction of sp³-hybridized carbons (Fsp3) is 0.391. The topological polar surface area (TPSA) is 112 Å². The number of halogens is 1. The summed E-state index contributed by atoms with van der Waals surface area (Å²) in [5.41, 5.74) is 1.43. The molecule has 4 heterocycles. The lowest BCUT2D eigenvalue weighted by Crippen LogP contribution is -2.50. The van der Waals surface area contributed by atoms with Gasteiger partial charge in [0.2, 0.25) is 0 Å². The summed E-state index contributed by atoms with van der Waals surface area (Å²) < 4.78 is 6.42. The number of fused-ring (bicyclic) bond motifs is 1. The van der Waals surface area contributed by atoms with Gasteiger partial charge in [-0.05, 0) is 68.2 Å². The third-order valence-corrected chi connectivity index (χ3v) is 5.85. The van der Waals surface area contributed by atoms with E-state index in [0.717, 1.165) is 19.4 Å². The molecule has 0 aliphatic carbocycles. The summed E-state index contributed by atoms with van der Waals surface area (Å²) >= 11 is 3.59. The number of rotatable bonds is 4. The van der Waals surface area contributed by atoms with Crippen molar-refractivity contribution >= 4 is 50.3 Å². The lowest BCUT2D eigenvalue weighted by Gasteiger charge is -2.36. The zero-order valence-electron chi connectivity index (χ0n) is 18.8. The molecule has 0 aromatic carbocycles. The van der Waals surface area contributed by atoms with E-state index in [-0.39, 0.29) is 11.9 Å². The van der Waals surface area contributed by atoms with Crippen LogP contribution >= 0.6 is 15.9 Å². The van der Waals surface area contributed by atoms with Crippen LogP contribution in [0.15, 0.2) is 41.4 Å². The number of H-pyrrole nitrogens is 1. The van der Waals surface area contributed by atoms with E-state index in [0.29, 0.717) is 39.0 Å². The molecule has 174 valence electrons. The van der Waals surface area contributed by atoms with Gasteiger partial charge in [0.05, 0.1) is 32.8 Å². The first-order valence-electron chi connectivity index (χ1n) is 10.8. The van der Waals surface area contributed by atoms with Gasteiger partial charge >= 0.3 is 6.09 Å². The number of amides is 2. The Morgan fingerprint density at radius 1 is 1.30 bits per heavy atom. The van der Waals surface area contributed by atoms with Gasteiger partial charge in [0.25, 0.3) is 5.91 Å². The first-order valence-corrected chi connectivity index (χ1v) is 11.6. The van der Waals surface area contributed by atoms with Crippen LogP contribution in [-0.4, -0.2) is 51.7 Å². The molecule has 0 radical (unpaired) electrons. The van der Waals surface area contributed by atoms with Crippen LogP contribution in [0.1, 0.15) is 44.0 Å². The van der Waals surface area contributed by atoms with Crippen LogP contribution in [0.5, 0.6) is 0 Å². The molecule has 0 saturated carbocycles. The van der Waals surface area contributed by atoms with Gasteiger partial charge in [0, 0.05) is 31.3 Å². The van der Waals surface area contributed by atoms with Crippen LogP contribution in [0.25, 0.3) is 11.0 Å². The number of anilines is 2. The highest BCUT2D eigenvalue weighted by molar-refractivity contribution is 9.10. The van der Waals surface area contributed by atoms with Crippen molar-refractivity contribution in [2.75, 3.05) is 23.3 Å². The van der Waals surface area contributed by atoms with E-state index in [1.54, 1.807) is 35.6 Å². The average molecular weight is 515 g/mol. The van der Waals surface area contributed by atoms with E-state index in [9.17, 15) is 9.59 Å². The van der Waals surface area contributed by atoms with Crippen molar-refractivity contribution in [3.05, 3.63) is 47.0 Å². The van der Waals surface area contributed by atoms with Crippen molar-refractivity contribution < 1.29 is 14.3 Å². The van der Waals surface area contributed by atoms with Gasteiger partial charge < -0.3 is 20.4 Å². The largest absolute Gasteiger partial charge is 0.443 e.